The Hall–Kier alpha value is -3.91. The number of aromatic nitrogens is 2. The Balaban J connectivity index is 1.45. The number of benzene rings is 3. The molecule has 0 aliphatic rings. The smallest absolute Gasteiger partial charge is 0.261 e. The van der Waals surface area contributed by atoms with E-state index in [1.54, 1.807) is 36.4 Å². The lowest BCUT2D eigenvalue weighted by atomic mass is 10.1. The van der Waals surface area contributed by atoms with Crippen LogP contribution in [0.5, 0.6) is 0 Å². The van der Waals surface area contributed by atoms with Crippen LogP contribution >= 0.6 is 0 Å². The normalized spacial score (nSPS) is 11.1. The topological polar surface area (TPSA) is 96.0 Å². The molecule has 1 aromatic heterocycles. The molecular formula is C25H25N5O2S. The molecule has 0 atom stereocenters. The Labute approximate surface area is 194 Å². The molecule has 3 aromatic carbocycles. The summed E-state index contributed by atoms with van der Waals surface area (Å²) in [5.41, 5.74) is 4.09. The van der Waals surface area contributed by atoms with Crippen LogP contribution in [0.15, 0.2) is 89.8 Å². The first-order valence-corrected chi connectivity index (χ1v) is 12.1. The summed E-state index contributed by atoms with van der Waals surface area (Å²) in [4.78, 5) is 8.96. The highest BCUT2D eigenvalue weighted by Crippen LogP contribution is 2.24. The lowest BCUT2D eigenvalue weighted by Crippen LogP contribution is -2.12. The molecule has 0 radical (unpaired) electrons. The Bertz CT molecular complexity index is 1320. The molecule has 0 fully saturated rings. The Kier molecular flexibility index (Phi) is 6.55. The molecule has 3 N–H and O–H groups in total. The highest BCUT2D eigenvalue weighted by molar-refractivity contribution is 7.92. The van der Waals surface area contributed by atoms with Crippen molar-refractivity contribution >= 4 is 33.2 Å². The molecule has 0 spiro atoms. The first kappa shape index (κ1) is 22.3. The third kappa shape index (κ3) is 5.67. The molecule has 8 heteroatoms. The summed E-state index contributed by atoms with van der Waals surface area (Å²) in [5, 5.41) is 6.32. The number of aryl methyl sites for hydroxylation is 1. The van der Waals surface area contributed by atoms with Crippen LogP contribution in [0.3, 0.4) is 0 Å². The molecule has 0 unspecified atom stereocenters. The first-order valence-electron chi connectivity index (χ1n) is 10.6. The third-order valence-corrected chi connectivity index (χ3v) is 6.27. The van der Waals surface area contributed by atoms with Gasteiger partial charge in [-0.2, -0.15) is 4.98 Å². The number of nitrogens with zero attached hydrogens (tertiary/aromatic N) is 2. The molecule has 0 bridgehead atoms. The van der Waals surface area contributed by atoms with Crippen LogP contribution in [0.25, 0.3) is 11.1 Å². The molecule has 4 rings (SSSR count). The molecular weight excluding hydrogens is 434 g/mol. The van der Waals surface area contributed by atoms with E-state index in [9.17, 15) is 8.42 Å². The molecule has 7 nitrogen and oxygen atoms in total. The van der Waals surface area contributed by atoms with Crippen molar-refractivity contribution in [2.45, 2.75) is 18.7 Å². The molecule has 0 aliphatic carbocycles. The van der Waals surface area contributed by atoms with Crippen LogP contribution < -0.4 is 15.4 Å². The predicted molar refractivity (Wildman–Crippen MR) is 133 cm³/mol. The third-order valence-electron chi connectivity index (χ3n) is 4.87. The number of sulfonamides is 1. The van der Waals surface area contributed by atoms with Gasteiger partial charge in [-0.15, -0.1) is 0 Å². The molecule has 0 saturated carbocycles. The van der Waals surface area contributed by atoms with E-state index in [1.165, 1.54) is 0 Å². The summed E-state index contributed by atoms with van der Waals surface area (Å²) >= 11 is 0. The average molecular weight is 460 g/mol. The summed E-state index contributed by atoms with van der Waals surface area (Å²) in [6.07, 6.45) is 0. The van der Waals surface area contributed by atoms with Gasteiger partial charge >= 0.3 is 0 Å². The standard InChI is InChI=1S/C25H25N5O2S/c1-3-26-25-27-18(2)17-24(29-25)28-21-11-13-22(14-12-21)30-33(31,32)23-15-9-20(10-16-23)19-7-5-4-6-8-19/h4-17,30H,3H2,1-2H3,(H2,26,27,28,29). The molecule has 0 aliphatic heterocycles. The van der Waals surface area contributed by atoms with E-state index in [-0.39, 0.29) is 4.90 Å². The average Bonchev–Trinajstić information content (AvgIpc) is 2.81. The SMILES string of the molecule is CCNc1nc(C)cc(Nc2ccc(NS(=O)(=O)c3ccc(-c4ccccc4)cc3)cc2)n1. The summed E-state index contributed by atoms with van der Waals surface area (Å²) in [5.74, 6) is 1.22. The quantitative estimate of drug-likeness (QED) is 0.325. The molecule has 4 aromatic rings. The van der Waals surface area contributed by atoms with Crippen molar-refractivity contribution in [2.24, 2.45) is 0 Å². The second-order valence-electron chi connectivity index (χ2n) is 7.45. The fraction of sp³-hybridized carbons (Fsp3) is 0.120. The zero-order chi connectivity index (χ0) is 23.3. The fourth-order valence-corrected chi connectivity index (χ4v) is 4.37. The van der Waals surface area contributed by atoms with Crippen LogP contribution in [0.2, 0.25) is 0 Å². The van der Waals surface area contributed by atoms with E-state index in [0.717, 1.165) is 29.1 Å². The number of hydrogen-bond acceptors (Lipinski definition) is 6. The first-order chi connectivity index (χ1) is 15.9. The van der Waals surface area contributed by atoms with Crippen molar-refractivity contribution in [2.75, 3.05) is 21.9 Å². The van der Waals surface area contributed by atoms with Crippen molar-refractivity contribution < 1.29 is 8.42 Å². The molecule has 33 heavy (non-hydrogen) atoms. The van der Waals surface area contributed by atoms with E-state index in [1.807, 2.05) is 62.4 Å². The highest BCUT2D eigenvalue weighted by Gasteiger charge is 2.14. The number of hydrogen-bond donors (Lipinski definition) is 3. The minimum atomic E-state index is -3.70. The summed E-state index contributed by atoms with van der Waals surface area (Å²) < 4.78 is 28.3. The number of anilines is 4. The Morgan fingerprint density at radius 1 is 0.788 bits per heavy atom. The molecule has 0 amide bonds. The maximum absolute atomic E-state index is 12.8. The fourth-order valence-electron chi connectivity index (χ4n) is 3.31. The molecule has 168 valence electrons. The molecule has 1 heterocycles. The van der Waals surface area contributed by atoms with Crippen molar-refractivity contribution in [3.8, 4) is 11.1 Å². The Morgan fingerprint density at radius 3 is 2.09 bits per heavy atom. The van der Waals surface area contributed by atoms with Gasteiger partial charge in [-0.1, -0.05) is 42.5 Å². The predicted octanol–water partition coefficient (Wildman–Crippen LogP) is 5.43. The number of rotatable bonds is 8. The van der Waals surface area contributed by atoms with E-state index in [0.29, 0.717) is 17.5 Å². The van der Waals surface area contributed by atoms with Gasteiger partial charge in [0.2, 0.25) is 5.95 Å². The summed E-state index contributed by atoms with van der Waals surface area (Å²) in [7, 11) is -3.70. The van der Waals surface area contributed by atoms with E-state index in [2.05, 4.69) is 25.3 Å². The lowest BCUT2D eigenvalue weighted by molar-refractivity contribution is 0.601. The van der Waals surface area contributed by atoms with Gasteiger partial charge in [0, 0.05) is 29.7 Å². The van der Waals surface area contributed by atoms with Gasteiger partial charge < -0.3 is 10.6 Å². The minimum Gasteiger partial charge on any atom is -0.354 e. The van der Waals surface area contributed by atoms with E-state index < -0.39 is 10.0 Å². The summed E-state index contributed by atoms with van der Waals surface area (Å²) in [6, 6.07) is 25.5. The number of nitrogens with one attached hydrogen (secondary N) is 3. The lowest BCUT2D eigenvalue weighted by Gasteiger charge is -2.11. The van der Waals surface area contributed by atoms with Crippen LogP contribution in [0, 0.1) is 6.92 Å². The maximum Gasteiger partial charge on any atom is 0.261 e. The maximum atomic E-state index is 12.8. The van der Waals surface area contributed by atoms with Crippen molar-refractivity contribution in [1.82, 2.24) is 9.97 Å². The van der Waals surface area contributed by atoms with Gasteiger partial charge in [0.15, 0.2) is 0 Å². The van der Waals surface area contributed by atoms with Gasteiger partial charge in [-0.25, -0.2) is 13.4 Å². The zero-order valence-corrected chi connectivity index (χ0v) is 19.2. The van der Waals surface area contributed by atoms with Gasteiger partial charge in [0.1, 0.15) is 5.82 Å². The van der Waals surface area contributed by atoms with Gasteiger partial charge in [-0.3, -0.25) is 4.72 Å². The highest BCUT2D eigenvalue weighted by atomic mass is 32.2. The van der Waals surface area contributed by atoms with Crippen LogP contribution in [-0.2, 0) is 10.0 Å². The van der Waals surface area contributed by atoms with Gasteiger partial charge in [0.05, 0.1) is 4.90 Å². The second-order valence-corrected chi connectivity index (χ2v) is 9.13. The van der Waals surface area contributed by atoms with Crippen molar-refractivity contribution in [1.29, 1.82) is 0 Å². The minimum absolute atomic E-state index is 0.205. The zero-order valence-electron chi connectivity index (χ0n) is 18.4. The van der Waals surface area contributed by atoms with Gasteiger partial charge in [0.25, 0.3) is 10.0 Å². The van der Waals surface area contributed by atoms with Crippen LogP contribution in [0.1, 0.15) is 12.6 Å². The van der Waals surface area contributed by atoms with Crippen molar-refractivity contribution in [3.63, 3.8) is 0 Å². The van der Waals surface area contributed by atoms with Gasteiger partial charge in [-0.05, 0) is 61.4 Å². The second kappa shape index (κ2) is 9.70. The van der Waals surface area contributed by atoms with E-state index >= 15 is 0 Å². The van der Waals surface area contributed by atoms with Crippen LogP contribution in [-0.4, -0.2) is 24.9 Å². The van der Waals surface area contributed by atoms with Crippen molar-refractivity contribution in [3.05, 3.63) is 90.6 Å². The molecule has 0 saturated heterocycles. The monoisotopic (exact) mass is 459 g/mol. The largest absolute Gasteiger partial charge is 0.354 e. The summed E-state index contributed by atoms with van der Waals surface area (Å²) in [6.45, 7) is 4.61. The Morgan fingerprint density at radius 2 is 1.42 bits per heavy atom. The van der Waals surface area contributed by atoms with E-state index in [4.69, 9.17) is 0 Å². The van der Waals surface area contributed by atoms with Crippen LogP contribution in [0.4, 0.5) is 23.1 Å².